The van der Waals surface area contributed by atoms with E-state index in [1.807, 2.05) is 36.1 Å². The molecule has 0 saturated carbocycles. The lowest BCUT2D eigenvalue weighted by atomic mass is 9.95. The Kier molecular flexibility index (Phi) is 6.68. The zero-order valence-electron chi connectivity index (χ0n) is 18.3. The van der Waals surface area contributed by atoms with Crippen molar-refractivity contribution in [3.8, 4) is 17.1 Å². The minimum Gasteiger partial charge on any atom is -0.497 e. The van der Waals surface area contributed by atoms with Gasteiger partial charge in [-0.2, -0.15) is 4.98 Å². The van der Waals surface area contributed by atoms with E-state index in [0.29, 0.717) is 44.3 Å². The Bertz CT molecular complexity index is 1030. The second-order valence-electron chi connectivity index (χ2n) is 7.86. The fourth-order valence-electron chi connectivity index (χ4n) is 3.95. The third kappa shape index (κ3) is 4.74. The normalized spacial score (nSPS) is 14.4. The first-order chi connectivity index (χ1) is 15.6. The van der Waals surface area contributed by atoms with Gasteiger partial charge in [-0.3, -0.25) is 4.79 Å². The SMILES string of the molecule is CCCN(C(=O)C1CCN(c2nc(-c3ccc(OC)cc3)no2)CC1)c1ccc(F)cc1. The third-order valence-electron chi connectivity index (χ3n) is 5.73. The molecule has 1 aliphatic heterocycles. The molecule has 4 rings (SSSR count). The largest absolute Gasteiger partial charge is 0.497 e. The van der Waals surface area contributed by atoms with Gasteiger partial charge in [0.25, 0.3) is 0 Å². The molecule has 0 atom stereocenters. The lowest BCUT2D eigenvalue weighted by Crippen LogP contribution is -2.43. The molecule has 2 heterocycles. The van der Waals surface area contributed by atoms with E-state index in [-0.39, 0.29) is 17.6 Å². The maximum atomic E-state index is 13.3. The van der Waals surface area contributed by atoms with Gasteiger partial charge in [0, 0.05) is 36.8 Å². The molecule has 168 valence electrons. The van der Waals surface area contributed by atoms with Crippen LogP contribution in [0.4, 0.5) is 16.1 Å². The molecule has 1 aromatic heterocycles. The first kappa shape index (κ1) is 21.8. The molecule has 7 nitrogen and oxygen atoms in total. The topological polar surface area (TPSA) is 71.7 Å². The number of piperidine rings is 1. The van der Waals surface area contributed by atoms with Crippen molar-refractivity contribution < 1.29 is 18.4 Å². The molecule has 0 unspecified atom stereocenters. The second-order valence-corrected chi connectivity index (χ2v) is 7.86. The second kappa shape index (κ2) is 9.80. The summed E-state index contributed by atoms with van der Waals surface area (Å²) in [6.07, 6.45) is 2.22. The van der Waals surface area contributed by atoms with E-state index >= 15 is 0 Å². The number of rotatable bonds is 7. The van der Waals surface area contributed by atoms with E-state index in [0.717, 1.165) is 23.4 Å². The average molecular weight is 439 g/mol. The summed E-state index contributed by atoms with van der Waals surface area (Å²) < 4.78 is 24.0. The minimum absolute atomic E-state index is 0.0857. The van der Waals surface area contributed by atoms with Crippen LogP contribution >= 0.6 is 0 Å². The van der Waals surface area contributed by atoms with Crippen molar-refractivity contribution >= 4 is 17.6 Å². The van der Waals surface area contributed by atoms with Crippen LogP contribution in [0.25, 0.3) is 11.4 Å². The van der Waals surface area contributed by atoms with Crippen molar-refractivity contribution in [1.82, 2.24) is 10.1 Å². The maximum absolute atomic E-state index is 13.3. The summed E-state index contributed by atoms with van der Waals surface area (Å²) in [5, 5.41) is 4.10. The molecule has 0 spiro atoms. The Morgan fingerprint density at radius 1 is 1.16 bits per heavy atom. The van der Waals surface area contributed by atoms with Crippen LogP contribution in [0.2, 0.25) is 0 Å². The summed E-state index contributed by atoms with van der Waals surface area (Å²) in [6, 6.07) is 14.1. The number of carbonyl (C=O) groups is 1. The Labute approximate surface area is 186 Å². The molecular formula is C24H27FN4O3. The Morgan fingerprint density at radius 2 is 1.84 bits per heavy atom. The third-order valence-corrected chi connectivity index (χ3v) is 5.73. The van der Waals surface area contributed by atoms with Gasteiger partial charge in [-0.05, 0) is 67.8 Å². The Balaban J connectivity index is 1.39. The average Bonchev–Trinajstić information content (AvgIpc) is 3.33. The number of nitrogens with zero attached hydrogens (tertiary/aromatic N) is 4. The van der Waals surface area contributed by atoms with Gasteiger partial charge >= 0.3 is 6.01 Å². The van der Waals surface area contributed by atoms with E-state index in [1.165, 1.54) is 12.1 Å². The van der Waals surface area contributed by atoms with E-state index in [1.54, 1.807) is 24.1 Å². The van der Waals surface area contributed by atoms with E-state index < -0.39 is 0 Å². The first-order valence-electron chi connectivity index (χ1n) is 10.9. The molecule has 1 aliphatic rings. The molecule has 1 saturated heterocycles. The van der Waals surface area contributed by atoms with Crippen LogP contribution in [0.1, 0.15) is 26.2 Å². The van der Waals surface area contributed by atoms with Gasteiger partial charge in [0.15, 0.2) is 0 Å². The molecule has 0 radical (unpaired) electrons. The fourth-order valence-corrected chi connectivity index (χ4v) is 3.95. The predicted molar refractivity (Wildman–Crippen MR) is 120 cm³/mol. The summed E-state index contributed by atoms with van der Waals surface area (Å²) in [6.45, 7) is 3.95. The van der Waals surface area contributed by atoms with Crippen LogP contribution in [-0.4, -0.2) is 42.8 Å². The molecule has 0 N–H and O–H groups in total. The highest BCUT2D eigenvalue weighted by Crippen LogP contribution is 2.28. The van der Waals surface area contributed by atoms with Crippen LogP contribution < -0.4 is 14.5 Å². The minimum atomic E-state index is -0.306. The van der Waals surface area contributed by atoms with Gasteiger partial charge in [0.1, 0.15) is 11.6 Å². The van der Waals surface area contributed by atoms with Gasteiger partial charge in [0.05, 0.1) is 7.11 Å². The molecule has 0 bridgehead atoms. The number of anilines is 2. The molecular weight excluding hydrogens is 411 g/mol. The Morgan fingerprint density at radius 3 is 2.47 bits per heavy atom. The van der Waals surface area contributed by atoms with Crippen molar-refractivity contribution in [2.45, 2.75) is 26.2 Å². The van der Waals surface area contributed by atoms with Crippen molar-refractivity contribution in [2.24, 2.45) is 5.92 Å². The lowest BCUT2D eigenvalue weighted by molar-refractivity contribution is -0.123. The number of methoxy groups -OCH3 is 1. The highest BCUT2D eigenvalue weighted by molar-refractivity contribution is 5.95. The molecule has 1 amide bonds. The van der Waals surface area contributed by atoms with Crippen molar-refractivity contribution in [3.05, 3.63) is 54.3 Å². The quantitative estimate of drug-likeness (QED) is 0.539. The number of halogens is 1. The van der Waals surface area contributed by atoms with E-state index in [2.05, 4.69) is 10.1 Å². The van der Waals surface area contributed by atoms with Crippen molar-refractivity contribution in [1.29, 1.82) is 0 Å². The van der Waals surface area contributed by atoms with Crippen LogP contribution in [0.3, 0.4) is 0 Å². The smallest absolute Gasteiger partial charge is 0.324 e. The van der Waals surface area contributed by atoms with E-state index in [9.17, 15) is 9.18 Å². The number of aromatic nitrogens is 2. The van der Waals surface area contributed by atoms with Gasteiger partial charge in [-0.1, -0.05) is 12.1 Å². The molecule has 2 aromatic carbocycles. The number of hydrogen-bond donors (Lipinski definition) is 0. The van der Waals surface area contributed by atoms with Gasteiger partial charge < -0.3 is 19.1 Å². The van der Waals surface area contributed by atoms with Crippen LogP contribution in [0.15, 0.2) is 53.1 Å². The zero-order chi connectivity index (χ0) is 22.5. The lowest BCUT2D eigenvalue weighted by Gasteiger charge is -2.33. The van der Waals surface area contributed by atoms with Crippen LogP contribution in [0, 0.1) is 11.7 Å². The monoisotopic (exact) mass is 438 g/mol. The summed E-state index contributed by atoms with van der Waals surface area (Å²) in [5.41, 5.74) is 1.59. The number of amides is 1. The molecule has 3 aromatic rings. The molecule has 0 aliphatic carbocycles. The number of ether oxygens (including phenoxy) is 1. The first-order valence-corrected chi connectivity index (χ1v) is 10.9. The highest BCUT2D eigenvalue weighted by Gasteiger charge is 2.30. The highest BCUT2D eigenvalue weighted by atomic mass is 19.1. The van der Waals surface area contributed by atoms with Crippen LogP contribution in [0.5, 0.6) is 5.75 Å². The maximum Gasteiger partial charge on any atom is 0.324 e. The number of benzene rings is 2. The molecule has 8 heteroatoms. The number of carbonyl (C=O) groups excluding carboxylic acids is 1. The standard InChI is InChI=1S/C24H27FN4O3/c1-3-14-29(20-8-6-19(25)7-9-20)23(30)18-12-15-28(16-13-18)24-26-22(27-32-24)17-4-10-21(31-2)11-5-17/h4-11,18H,3,12-16H2,1-2H3. The van der Waals surface area contributed by atoms with Crippen molar-refractivity contribution in [3.63, 3.8) is 0 Å². The predicted octanol–water partition coefficient (Wildman–Crippen LogP) is 4.54. The number of hydrogen-bond acceptors (Lipinski definition) is 6. The summed E-state index contributed by atoms with van der Waals surface area (Å²) in [4.78, 5) is 21.5. The van der Waals surface area contributed by atoms with Gasteiger partial charge in [0.2, 0.25) is 11.7 Å². The molecule has 1 fully saturated rings. The fraction of sp³-hybridized carbons (Fsp3) is 0.375. The van der Waals surface area contributed by atoms with Crippen LogP contribution in [-0.2, 0) is 4.79 Å². The van der Waals surface area contributed by atoms with Gasteiger partial charge in [-0.25, -0.2) is 4.39 Å². The van der Waals surface area contributed by atoms with E-state index in [4.69, 9.17) is 9.26 Å². The summed E-state index contributed by atoms with van der Waals surface area (Å²) in [5.74, 6) is 0.974. The zero-order valence-corrected chi connectivity index (χ0v) is 18.3. The summed E-state index contributed by atoms with van der Waals surface area (Å²) >= 11 is 0. The molecule has 32 heavy (non-hydrogen) atoms. The summed E-state index contributed by atoms with van der Waals surface area (Å²) in [7, 11) is 1.62. The van der Waals surface area contributed by atoms with Gasteiger partial charge in [-0.15, -0.1) is 0 Å². The van der Waals surface area contributed by atoms with Crippen molar-refractivity contribution in [2.75, 3.05) is 36.5 Å². The Hall–Kier alpha value is -3.42.